The molecule has 6 rings (SSSR count). The molecule has 14 nitrogen and oxygen atoms in total. The van der Waals surface area contributed by atoms with Gasteiger partial charge >= 0.3 is 0 Å². The van der Waals surface area contributed by atoms with Crippen LogP contribution >= 0.6 is 0 Å². The van der Waals surface area contributed by atoms with Crippen molar-refractivity contribution in [3.05, 3.63) is 87.6 Å². The van der Waals surface area contributed by atoms with Crippen LogP contribution in [0.15, 0.2) is 59.8 Å². The molecule has 4 aromatic rings. The molecule has 2 saturated heterocycles. The normalized spacial score (nSPS) is 16.2. The number of hydrogen-bond donors (Lipinski definition) is 1. The van der Waals surface area contributed by atoms with Crippen LogP contribution in [0.1, 0.15) is 44.7 Å². The molecule has 1 unspecified atom stereocenters. The van der Waals surface area contributed by atoms with Gasteiger partial charge in [0.15, 0.2) is 6.29 Å². The van der Waals surface area contributed by atoms with Crippen molar-refractivity contribution in [3.8, 4) is 22.6 Å². The summed E-state index contributed by atoms with van der Waals surface area (Å²) >= 11 is 0. The summed E-state index contributed by atoms with van der Waals surface area (Å²) < 4.78 is 13.2. The van der Waals surface area contributed by atoms with Gasteiger partial charge in [0.2, 0.25) is 17.7 Å². The van der Waals surface area contributed by atoms with E-state index in [1.807, 2.05) is 18.2 Å². The van der Waals surface area contributed by atoms with Gasteiger partial charge in [0.1, 0.15) is 17.5 Å². The van der Waals surface area contributed by atoms with Crippen LogP contribution in [-0.4, -0.2) is 102 Å². The molecule has 0 radical (unpaired) electrons. The van der Waals surface area contributed by atoms with Crippen molar-refractivity contribution in [2.24, 2.45) is 13.0 Å². The molecular weight excluding hydrogens is 668 g/mol. The fourth-order valence-electron chi connectivity index (χ4n) is 7.04. The van der Waals surface area contributed by atoms with E-state index in [1.54, 1.807) is 59.0 Å². The van der Waals surface area contributed by atoms with Crippen molar-refractivity contribution < 1.29 is 33.4 Å². The molecule has 1 N–H and O–H groups in total. The van der Waals surface area contributed by atoms with Gasteiger partial charge in [-0.2, -0.15) is 0 Å². The Labute approximate surface area is 299 Å². The number of ether oxygens (including phenoxy) is 2. The monoisotopic (exact) mass is 708 g/mol. The van der Waals surface area contributed by atoms with Crippen LogP contribution in [0.2, 0.25) is 0 Å². The molecule has 4 heterocycles. The van der Waals surface area contributed by atoms with Crippen LogP contribution in [0, 0.1) is 5.92 Å². The Hall–Kier alpha value is -5.89. The van der Waals surface area contributed by atoms with Crippen molar-refractivity contribution >= 4 is 40.7 Å². The Bertz CT molecular complexity index is 2130. The summed E-state index contributed by atoms with van der Waals surface area (Å²) in [5.41, 5.74) is 3.04. The number of pyridine rings is 2. The molecule has 0 aliphatic carbocycles. The maximum absolute atomic E-state index is 13.7. The summed E-state index contributed by atoms with van der Waals surface area (Å²) in [6.45, 7) is 1.49. The Morgan fingerprint density at radius 2 is 1.75 bits per heavy atom. The lowest BCUT2D eigenvalue weighted by molar-refractivity contribution is -0.140. The number of piperidine rings is 1. The minimum absolute atomic E-state index is 0.0697. The lowest BCUT2D eigenvalue weighted by atomic mass is 9.95. The van der Waals surface area contributed by atoms with E-state index in [1.165, 1.54) is 27.5 Å². The number of benzene rings is 2. The predicted octanol–water partition coefficient (Wildman–Crippen LogP) is 2.40. The van der Waals surface area contributed by atoms with Crippen LogP contribution < -0.4 is 20.3 Å². The van der Waals surface area contributed by atoms with Gasteiger partial charge < -0.3 is 23.8 Å². The topological polar surface area (TPSA) is 160 Å². The molecule has 14 heteroatoms. The Morgan fingerprint density at radius 1 is 1.04 bits per heavy atom. The Balaban J connectivity index is 1.15. The van der Waals surface area contributed by atoms with E-state index in [2.05, 4.69) is 15.2 Å². The minimum atomic E-state index is -0.863. The highest BCUT2D eigenvalue weighted by molar-refractivity contribution is 6.06. The second kappa shape index (κ2) is 14.8. The van der Waals surface area contributed by atoms with E-state index in [9.17, 15) is 28.8 Å². The standard InChI is InChI=1S/C38H40N6O8/c1-41(16-22-7-6-8-23(21-45)34(22)38(50)43(3)30-9-10-33(46)40-35(30)47)36(48)25-17-44(18-25)20-29-31(51-4)13-24(14-32(29)52-5)28-19-42(2)37(49)27-15-39-12-11-26(27)28/h6-8,11-15,19,21,25,30H,9-10,16-18,20H2,1-5H3,(H,40,46,47). The molecule has 2 aliphatic rings. The SMILES string of the molecule is COc1cc(-c2cn(C)c(=O)c3cnccc23)cc(OC)c1CN1CC(C(=O)N(C)Cc2cccc(C=O)c2C(=O)N(C)C2CCC(=O)NC2=O)C1. The fourth-order valence-corrected chi connectivity index (χ4v) is 7.04. The third-order valence-electron chi connectivity index (χ3n) is 9.90. The van der Waals surface area contributed by atoms with E-state index in [4.69, 9.17) is 9.47 Å². The van der Waals surface area contributed by atoms with E-state index in [-0.39, 0.29) is 47.9 Å². The van der Waals surface area contributed by atoms with Gasteiger partial charge in [0.05, 0.1) is 36.7 Å². The molecule has 2 aromatic heterocycles. The molecule has 4 amide bonds. The molecule has 2 aliphatic heterocycles. The summed E-state index contributed by atoms with van der Waals surface area (Å²) in [5.74, 6) is -0.716. The van der Waals surface area contributed by atoms with Gasteiger partial charge in [-0.15, -0.1) is 0 Å². The van der Waals surface area contributed by atoms with Gasteiger partial charge in [-0.1, -0.05) is 18.2 Å². The lowest BCUT2D eigenvalue weighted by Crippen LogP contribution is -2.53. The van der Waals surface area contributed by atoms with Crippen molar-refractivity contribution in [1.82, 2.24) is 29.6 Å². The number of hydrogen-bond acceptors (Lipinski definition) is 10. The van der Waals surface area contributed by atoms with Crippen LogP contribution in [0.25, 0.3) is 21.9 Å². The number of amides is 4. The zero-order chi connectivity index (χ0) is 37.3. The van der Waals surface area contributed by atoms with Crippen LogP contribution in [-0.2, 0) is 34.5 Å². The highest BCUT2D eigenvalue weighted by atomic mass is 16.5. The molecule has 52 heavy (non-hydrogen) atoms. The second-order valence-electron chi connectivity index (χ2n) is 13.2. The zero-order valence-corrected chi connectivity index (χ0v) is 29.7. The largest absolute Gasteiger partial charge is 0.496 e. The molecule has 1 atom stereocenters. The maximum Gasteiger partial charge on any atom is 0.259 e. The quantitative estimate of drug-likeness (QED) is 0.181. The molecule has 0 bridgehead atoms. The zero-order valence-electron chi connectivity index (χ0n) is 29.7. The van der Waals surface area contributed by atoms with Crippen LogP contribution in [0.4, 0.5) is 0 Å². The van der Waals surface area contributed by atoms with Gasteiger partial charge in [-0.05, 0) is 41.1 Å². The number of rotatable bonds is 11. The predicted molar refractivity (Wildman–Crippen MR) is 191 cm³/mol. The first kappa shape index (κ1) is 35.9. The average molecular weight is 709 g/mol. The van der Waals surface area contributed by atoms with Gasteiger partial charge in [0, 0.05) is 83.5 Å². The fraction of sp³-hybridized carbons (Fsp3) is 0.342. The first-order valence-electron chi connectivity index (χ1n) is 16.8. The molecule has 2 fully saturated rings. The highest BCUT2D eigenvalue weighted by Gasteiger charge is 2.37. The molecule has 2 aromatic carbocycles. The number of carbonyl (C=O) groups excluding carboxylic acids is 5. The number of aromatic nitrogens is 2. The number of carbonyl (C=O) groups is 5. The van der Waals surface area contributed by atoms with E-state index < -0.39 is 23.8 Å². The van der Waals surface area contributed by atoms with Crippen LogP contribution in [0.3, 0.4) is 0 Å². The number of likely N-dealkylation sites (tertiary alicyclic amines) is 1. The van der Waals surface area contributed by atoms with Gasteiger partial charge in [0.25, 0.3) is 11.5 Å². The molecule has 270 valence electrons. The summed E-state index contributed by atoms with van der Waals surface area (Å²) in [7, 11) is 7.99. The lowest BCUT2D eigenvalue weighted by Gasteiger charge is -2.40. The van der Waals surface area contributed by atoms with Crippen molar-refractivity contribution in [2.75, 3.05) is 41.4 Å². The number of likely N-dealkylation sites (N-methyl/N-ethyl adjacent to an activating group) is 1. The Kier molecular flexibility index (Phi) is 10.2. The first-order chi connectivity index (χ1) is 24.9. The summed E-state index contributed by atoms with van der Waals surface area (Å²) in [5, 5.41) is 3.52. The number of aryl methyl sites for hydroxylation is 1. The summed E-state index contributed by atoms with van der Waals surface area (Å²) in [6, 6.07) is 9.63. The van der Waals surface area contributed by atoms with Crippen molar-refractivity contribution in [1.29, 1.82) is 0 Å². The number of aldehydes is 1. The average Bonchev–Trinajstić information content (AvgIpc) is 3.13. The smallest absolute Gasteiger partial charge is 0.259 e. The van der Waals surface area contributed by atoms with E-state index >= 15 is 0 Å². The second-order valence-corrected chi connectivity index (χ2v) is 13.2. The first-order valence-corrected chi connectivity index (χ1v) is 16.8. The summed E-state index contributed by atoms with van der Waals surface area (Å²) in [6.07, 6.45) is 5.85. The number of nitrogens with zero attached hydrogens (tertiary/aromatic N) is 5. The third kappa shape index (κ3) is 6.76. The molecule has 0 saturated carbocycles. The Morgan fingerprint density at radius 3 is 2.40 bits per heavy atom. The van der Waals surface area contributed by atoms with Crippen molar-refractivity contribution in [3.63, 3.8) is 0 Å². The number of fused-ring (bicyclic) bond motifs is 1. The highest BCUT2D eigenvalue weighted by Crippen LogP contribution is 2.39. The molecule has 0 spiro atoms. The third-order valence-corrected chi connectivity index (χ3v) is 9.90. The number of methoxy groups -OCH3 is 2. The number of nitrogens with one attached hydrogen (secondary N) is 1. The maximum atomic E-state index is 13.7. The van der Waals surface area contributed by atoms with E-state index in [0.29, 0.717) is 48.4 Å². The van der Waals surface area contributed by atoms with Gasteiger partial charge in [-0.3, -0.25) is 44.0 Å². The summed E-state index contributed by atoms with van der Waals surface area (Å²) in [4.78, 5) is 85.2. The van der Waals surface area contributed by atoms with Gasteiger partial charge in [-0.25, -0.2) is 0 Å². The minimum Gasteiger partial charge on any atom is -0.496 e. The van der Waals surface area contributed by atoms with Crippen LogP contribution in [0.5, 0.6) is 11.5 Å². The van der Waals surface area contributed by atoms with E-state index in [0.717, 1.165) is 22.1 Å². The number of imide groups is 1. The molecular formula is C38H40N6O8. The van der Waals surface area contributed by atoms with Crippen molar-refractivity contribution in [2.45, 2.75) is 32.0 Å².